The number of hydrogen-bond donors (Lipinski definition) is 1. The molecule has 140 valence electrons. The van der Waals surface area contributed by atoms with Gasteiger partial charge >= 0.3 is 0 Å². The predicted octanol–water partition coefficient (Wildman–Crippen LogP) is 1.82. The summed E-state index contributed by atoms with van der Waals surface area (Å²) in [5.74, 6) is 0.00145. The second kappa shape index (κ2) is 8.28. The highest BCUT2D eigenvalue weighted by atomic mass is 32.2. The predicted molar refractivity (Wildman–Crippen MR) is 103 cm³/mol. The summed E-state index contributed by atoms with van der Waals surface area (Å²) >= 11 is 1.57. The fraction of sp³-hybridized carbons (Fsp3) is 0.444. The summed E-state index contributed by atoms with van der Waals surface area (Å²) in [7, 11) is -3.26. The molecule has 3 rings (SSSR count). The fourth-order valence-corrected chi connectivity index (χ4v) is 4.78. The van der Waals surface area contributed by atoms with Gasteiger partial charge in [-0.2, -0.15) is 0 Å². The van der Waals surface area contributed by atoms with Crippen LogP contribution in [0.5, 0.6) is 0 Å². The van der Waals surface area contributed by atoms with E-state index in [-0.39, 0.29) is 18.4 Å². The molecule has 1 amide bonds. The summed E-state index contributed by atoms with van der Waals surface area (Å²) in [6.07, 6.45) is 3.74. The van der Waals surface area contributed by atoms with Crippen LogP contribution in [0.25, 0.3) is 0 Å². The Balaban J connectivity index is 1.56. The van der Waals surface area contributed by atoms with Crippen molar-refractivity contribution in [2.75, 3.05) is 19.3 Å². The highest BCUT2D eigenvalue weighted by molar-refractivity contribution is 7.88. The van der Waals surface area contributed by atoms with Gasteiger partial charge in [-0.1, -0.05) is 30.3 Å². The highest BCUT2D eigenvalue weighted by Gasteiger charge is 2.25. The van der Waals surface area contributed by atoms with E-state index >= 15 is 0 Å². The number of benzene rings is 1. The number of hydrogen-bond acceptors (Lipinski definition) is 5. The molecular weight excluding hydrogens is 370 g/mol. The van der Waals surface area contributed by atoms with E-state index in [0.717, 1.165) is 36.2 Å². The number of nitrogens with one attached hydrogen (secondary N) is 1. The minimum atomic E-state index is -3.26. The lowest BCUT2D eigenvalue weighted by atomic mass is 10.1. The fourth-order valence-electron chi connectivity index (χ4n) is 3.15. The van der Waals surface area contributed by atoms with Crippen molar-refractivity contribution in [2.24, 2.45) is 0 Å². The standard InChI is InChI=1S/C18H23N3O3S2/c1-26(23,24)20-15-8-5-9-21(12-15)18(22)11-16-13-25-17(19-16)10-14-6-3-2-4-7-14/h2-4,6-7,13,15,20H,5,8-12H2,1H3. The lowest BCUT2D eigenvalue weighted by Crippen LogP contribution is -2.49. The van der Waals surface area contributed by atoms with Crippen LogP contribution in [-0.2, 0) is 27.7 Å². The summed E-state index contributed by atoms with van der Waals surface area (Å²) < 4.78 is 25.4. The Morgan fingerprint density at radius 1 is 1.35 bits per heavy atom. The van der Waals surface area contributed by atoms with Gasteiger partial charge in [-0.25, -0.2) is 18.1 Å². The van der Waals surface area contributed by atoms with E-state index in [1.165, 1.54) is 5.56 Å². The average molecular weight is 394 g/mol. The molecule has 1 aliphatic heterocycles. The van der Waals surface area contributed by atoms with Gasteiger partial charge in [0.05, 0.1) is 23.4 Å². The number of amides is 1. The molecule has 0 bridgehead atoms. The zero-order valence-corrected chi connectivity index (χ0v) is 16.4. The van der Waals surface area contributed by atoms with E-state index < -0.39 is 10.0 Å². The zero-order valence-electron chi connectivity index (χ0n) is 14.7. The molecule has 1 aromatic heterocycles. The van der Waals surface area contributed by atoms with Crippen LogP contribution in [0.3, 0.4) is 0 Å². The summed E-state index contributed by atoms with van der Waals surface area (Å²) in [6.45, 7) is 1.09. The number of carbonyl (C=O) groups is 1. The van der Waals surface area contributed by atoms with E-state index in [4.69, 9.17) is 0 Å². The van der Waals surface area contributed by atoms with Crippen molar-refractivity contribution in [2.45, 2.75) is 31.7 Å². The van der Waals surface area contributed by atoms with Gasteiger partial charge < -0.3 is 4.90 Å². The summed E-state index contributed by atoms with van der Waals surface area (Å²) in [6, 6.07) is 9.92. The Hall–Kier alpha value is -1.77. The second-order valence-electron chi connectivity index (χ2n) is 6.64. The first-order valence-corrected chi connectivity index (χ1v) is 11.4. The first-order valence-electron chi connectivity index (χ1n) is 8.61. The first-order chi connectivity index (χ1) is 12.4. The number of piperidine rings is 1. The number of sulfonamides is 1. The van der Waals surface area contributed by atoms with Gasteiger partial charge in [0.2, 0.25) is 15.9 Å². The number of aromatic nitrogens is 1. The van der Waals surface area contributed by atoms with Crippen molar-refractivity contribution in [1.82, 2.24) is 14.6 Å². The Morgan fingerprint density at radius 2 is 2.12 bits per heavy atom. The molecule has 2 aromatic rings. The molecular formula is C18H23N3O3S2. The maximum absolute atomic E-state index is 12.6. The smallest absolute Gasteiger partial charge is 0.228 e. The van der Waals surface area contributed by atoms with E-state index in [1.54, 1.807) is 16.2 Å². The lowest BCUT2D eigenvalue weighted by molar-refractivity contribution is -0.131. The first kappa shape index (κ1) is 19.0. The van der Waals surface area contributed by atoms with Gasteiger partial charge in [0, 0.05) is 30.9 Å². The monoisotopic (exact) mass is 393 g/mol. The molecule has 1 aromatic carbocycles. The van der Waals surface area contributed by atoms with Crippen LogP contribution in [0, 0.1) is 0 Å². The van der Waals surface area contributed by atoms with Gasteiger partial charge in [0.25, 0.3) is 0 Å². The largest absolute Gasteiger partial charge is 0.341 e. The molecule has 0 spiro atoms. The molecule has 0 aliphatic carbocycles. The van der Waals surface area contributed by atoms with Crippen LogP contribution < -0.4 is 4.72 Å². The van der Waals surface area contributed by atoms with Crippen LogP contribution in [-0.4, -0.2) is 49.6 Å². The quantitative estimate of drug-likeness (QED) is 0.812. The molecule has 6 nitrogen and oxygen atoms in total. The molecule has 1 saturated heterocycles. The Morgan fingerprint density at radius 3 is 2.85 bits per heavy atom. The number of rotatable bonds is 6. The van der Waals surface area contributed by atoms with Crippen molar-refractivity contribution in [3.63, 3.8) is 0 Å². The Bertz CT molecular complexity index is 850. The number of nitrogens with zero attached hydrogens (tertiary/aromatic N) is 2. The molecule has 1 unspecified atom stereocenters. The van der Waals surface area contributed by atoms with Gasteiger partial charge in [-0.15, -0.1) is 11.3 Å². The molecule has 2 heterocycles. The molecule has 1 aliphatic rings. The lowest BCUT2D eigenvalue weighted by Gasteiger charge is -2.32. The molecule has 8 heteroatoms. The van der Waals surface area contributed by atoms with Crippen LogP contribution >= 0.6 is 11.3 Å². The number of likely N-dealkylation sites (tertiary alicyclic amines) is 1. The topological polar surface area (TPSA) is 79.4 Å². The van der Waals surface area contributed by atoms with Crippen LogP contribution in [0.4, 0.5) is 0 Å². The molecule has 0 radical (unpaired) electrons. The van der Waals surface area contributed by atoms with Gasteiger partial charge in [-0.05, 0) is 18.4 Å². The van der Waals surface area contributed by atoms with Crippen molar-refractivity contribution in [3.05, 3.63) is 52.0 Å². The average Bonchev–Trinajstić information content (AvgIpc) is 3.01. The maximum Gasteiger partial charge on any atom is 0.228 e. The van der Waals surface area contributed by atoms with Gasteiger partial charge in [-0.3, -0.25) is 4.79 Å². The van der Waals surface area contributed by atoms with Crippen LogP contribution in [0.1, 0.15) is 29.1 Å². The number of carbonyl (C=O) groups excluding carboxylic acids is 1. The molecule has 1 atom stereocenters. The summed E-state index contributed by atoms with van der Waals surface area (Å²) in [5, 5.41) is 2.93. The van der Waals surface area contributed by atoms with Crippen molar-refractivity contribution < 1.29 is 13.2 Å². The highest BCUT2D eigenvalue weighted by Crippen LogP contribution is 2.17. The van der Waals surface area contributed by atoms with Crippen molar-refractivity contribution >= 4 is 27.3 Å². The van der Waals surface area contributed by atoms with E-state index in [9.17, 15) is 13.2 Å². The van der Waals surface area contributed by atoms with E-state index in [0.29, 0.717) is 13.1 Å². The molecule has 1 fully saturated rings. The Kier molecular flexibility index (Phi) is 6.05. The van der Waals surface area contributed by atoms with Crippen LogP contribution in [0.2, 0.25) is 0 Å². The zero-order chi connectivity index (χ0) is 18.6. The van der Waals surface area contributed by atoms with Gasteiger partial charge in [0.1, 0.15) is 0 Å². The third-order valence-corrected chi connectivity index (χ3v) is 5.94. The SMILES string of the molecule is CS(=O)(=O)NC1CCCN(C(=O)Cc2csc(Cc3ccccc3)n2)C1. The summed E-state index contributed by atoms with van der Waals surface area (Å²) in [4.78, 5) is 18.9. The number of thiazole rings is 1. The van der Waals surface area contributed by atoms with Gasteiger partial charge in [0.15, 0.2) is 0 Å². The normalized spacial score (nSPS) is 18.0. The van der Waals surface area contributed by atoms with Crippen LogP contribution in [0.15, 0.2) is 35.7 Å². The minimum Gasteiger partial charge on any atom is -0.341 e. The molecule has 26 heavy (non-hydrogen) atoms. The maximum atomic E-state index is 12.6. The second-order valence-corrected chi connectivity index (χ2v) is 9.36. The third-order valence-electron chi connectivity index (χ3n) is 4.28. The van der Waals surface area contributed by atoms with E-state index in [1.807, 2.05) is 23.6 Å². The Labute approximate surface area is 158 Å². The van der Waals surface area contributed by atoms with Crippen molar-refractivity contribution in [3.8, 4) is 0 Å². The molecule has 0 saturated carbocycles. The summed E-state index contributed by atoms with van der Waals surface area (Å²) in [5.41, 5.74) is 1.98. The van der Waals surface area contributed by atoms with Crippen molar-refractivity contribution in [1.29, 1.82) is 0 Å². The minimum absolute atomic E-state index is 0.00145. The van der Waals surface area contributed by atoms with E-state index in [2.05, 4.69) is 21.8 Å². The third kappa shape index (κ3) is 5.62. The molecule has 1 N–H and O–H groups in total.